The lowest BCUT2D eigenvalue weighted by Gasteiger charge is -2.32. The van der Waals surface area contributed by atoms with Crippen LogP contribution in [0.3, 0.4) is 0 Å². The molecule has 0 saturated carbocycles. The third-order valence-corrected chi connectivity index (χ3v) is 7.07. The fourth-order valence-electron chi connectivity index (χ4n) is 4.92. The first-order valence-electron chi connectivity index (χ1n) is 13.4. The highest BCUT2D eigenvalue weighted by Crippen LogP contribution is 2.39. The number of fused-ring (bicyclic) bond motifs is 2. The molecule has 0 radical (unpaired) electrons. The molecule has 1 heterocycles. The van der Waals surface area contributed by atoms with Crippen LogP contribution >= 0.6 is 0 Å². The predicted molar refractivity (Wildman–Crippen MR) is 157 cm³/mol. The number of rotatable bonds is 6. The number of benzene rings is 3. The van der Waals surface area contributed by atoms with E-state index in [9.17, 15) is 19.6 Å². The molecule has 3 unspecified atom stereocenters. The molecule has 40 heavy (non-hydrogen) atoms. The Hall–Kier alpha value is -4.42. The Kier molecular flexibility index (Phi) is 9.86. The molecule has 0 bridgehead atoms. The first-order valence-corrected chi connectivity index (χ1v) is 13.4. The Morgan fingerprint density at radius 1 is 1.10 bits per heavy atom. The van der Waals surface area contributed by atoms with E-state index >= 15 is 0 Å². The van der Waals surface area contributed by atoms with Crippen molar-refractivity contribution in [3.8, 4) is 11.8 Å². The second-order valence-corrected chi connectivity index (χ2v) is 9.33. The minimum atomic E-state index is -1.04. The first-order chi connectivity index (χ1) is 19.2. The van der Waals surface area contributed by atoms with E-state index in [1.807, 2.05) is 50.2 Å². The molecular weight excluding hydrogens is 506 g/mol. The average Bonchev–Trinajstić information content (AvgIpc) is 3.05. The summed E-state index contributed by atoms with van der Waals surface area (Å²) in [5.41, 5.74) is 2.02. The summed E-state index contributed by atoms with van der Waals surface area (Å²) in [6.07, 6.45) is 0. The summed E-state index contributed by atoms with van der Waals surface area (Å²) in [5, 5.41) is 17.2. The standard InChI is InChI=1S/C29H31N5O4.C2H6/c1-17(31-4)28(36)32-27-18(2)34(19(3)35)25-14-20(15-30)10-12-24(25)33(29(27)37)16-23-22-9-7-6-8-21(22)11-13-26(23)38-5;1-2/h6-14,17-18,27,31H,16H2,1-5H3,(H,32,36);1-2H3. The highest BCUT2D eigenvalue weighted by atomic mass is 16.5. The van der Waals surface area contributed by atoms with Crippen LogP contribution in [0.15, 0.2) is 54.6 Å². The number of nitriles is 1. The normalized spacial score (nSPS) is 17.1. The van der Waals surface area contributed by atoms with E-state index in [2.05, 4.69) is 16.7 Å². The maximum atomic E-state index is 14.3. The molecule has 9 nitrogen and oxygen atoms in total. The summed E-state index contributed by atoms with van der Waals surface area (Å²) in [5.74, 6) is -0.449. The third-order valence-electron chi connectivity index (χ3n) is 7.07. The molecule has 0 saturated heterocycles. The number of nitrogens with zero attached hydrogens (tertiary/aromatic N) is 3. The van der Waals surface area contributed by atoms with Gasteiger partial charge in [-0.2, -0.15) is 5.26 Å². The molecule has 0 fully saturated rings. The molecule has 9 heteroatoms. The minimum Gasteiger partial charge on any atom is -0.496 e. The second-order valence-electron chi connectivity index (χ2n) is 9.33. The van der Waals surface area contributed by atoms with E-state index in [0.29, 0.717) is 22.7 Å². The Bertz CT molecular complexity index is 1450. The van der Waals surface area contributed by atoms with Gasteiger partial charge in [-0.25, -0.2) is 0 Å². The van der Waals surface area contributed by atoms with Crippen LogP contribution < -0.4 is 25.2 Å². The summed E-state index contributed by atoms with van der Waals surface area (Å²) in [6, 6.07) is 16.3. The number of carbonyl (C=O) groups excluding carboxylic acids is 3. The molecule has 210 valence electrons. The first kappa shape index (κ1) is 30.1. The number of anilines is 2. The van der Waals surface area contributed by atoms with Crippen molar-refractivity contribution >= 4 is 39.9 Å². The molecule has 0 aromatic heterocycles. The highest BCUT2D eigenvalue weighted by Gasteiger charge is 2.42. The highest BCUT2D eigenvalue weighted by molar-refractivity contribution is 6.09. The van der Waals surface area contributed by atoms with Crippen molar-refractivity contribution in [1.82, 2.24) is 10.6 Å². The van der Waals surface area contributed by atoms with Crippen molar-refractivity contribution in [1.29, 1.82) is 5.26 Å². The molecule has 3 amide bonds. The van der Waals surface area contributed by atoms with E-state index in [0.717, 1.165) is 16.3 Å². The van der Waals surface area contributed by atoms with Gasteiger partial charge in [0.05, 0.1) is 48.7 Å². The van der Waals surface area contributed by atoms with Gasteiger partial charge in [0.15, 0.2) is 0 Å². The van der Waals surface area contributed by atoms with Crippen LogP contribution in [0.5, 0.6) is 5.75 Å². The van der Waals surface area contributed by atoms with Crippen molar-refractivity contribution in [3.63, 3.8) is 0 Å². The van der Waals surface area contributed by atoms with E-state index in [4.69, 9.17) is 4.74 Å². The van der Waals surface area contributed by atoms with Crippen LogP contribution in [0.2, 0.25) is 0 Å². The van der Waals surface area contributed by atoms with E-state index in [1.165, 1.54) is 11.8 Å². The quantitative estimate of drug-likeness (QED) is 0.483. The fourth-order valence-corrected chi connectivity index (χ4v) is 4.92. The second kappa shape index (κ2) is 13.1. The van der Waals surface area contributed by atoms with E-state index in [-0.39, 0.29) is 24.3 Å². The van der Waals surface area contributed by atoms with Gasteiger partial charge < -0.3 is 25.2 Å². The van der Waals surface area contributed by atoms with E-state index in [1.54, 1.807) is 51.1 Å². The number of methoxy groups -OCH3 is 1. The Morgan fingerprint density at radius 2 is 1.80 bits per heavy atom. The number of nitrogens with one attached hydrogen (secondary N) is 2. The molecule has 3 aromatic carbocycles. The zero-order valence-electron chi connectivity index (χ0n) is 24.1. The van der Waals surface area contributed by atoms with Crippen molar-refractivity contribution < 1.29 is 19.1 Å². The van der Waals surface area contributed by atoms with Crippen LogP contribution in [0.4, 0.5) is 11.4 Å². The summed E-state index contributed by atoms with van der Waals surface area (Å²) in [4.78, 5) is 43.2. The van der Waals surface area contributed by atoms with Crippen molar-refractivity contribution in [2.24, 2.45) is 0 Å². The van der Waals surface area contributed by atoms with Crippen molar-refractivity contribution in [2.75, 3.05) is 24.0 Å². The third kappa shape index (κ3) is 5.77. The molecule has 4 rings (SSSR count). The Labute approximate surface area is 235 Å². The number of hydrogen-bond donors (Lipinski definition) is 2. The van der Waals surface area contributed by atoms with Gasteiger partial charge in [-0.15, -0.1) is 0 Å². The molecule has 0 aliphatic carbocycles. The zero-order valence-corrected chi connectivity index (χ0v) is 24.1. The van der Waals surface area contributed by atoms with Crippen LogP contribution in [-0.4, -0.2) is 50.0 Å². The molecule has 1 aliphatic rings. The Morgan fingerprint density at radius 3 is 2.42 bits per heavy atom. The number of amides is 3. The smallest absolute Gasteiger partial charge is 0.252 e. The summed E-state index contributed by atoms with van der Waals surface area (Å²) >= 11 is 0. The number of ether oxygens (including phenoxy) is 1. The van der Waals surface area contributed by atoms with Crippen molar-refractivity contribution in [2.45, 2.75) is 59.3 Å². The van der Waals surface area contributed by atoms with Crippen LogP contribution in [-0.2, 0) is 20.9 Å². The maximum absolute atomic E-state index is 14.3. The lowest BCUT2D eigenvalue weighted by Crippen LogP contribution is -2.59. The summed E-state index contributed by atoms with van der Waals surface area (Å²) < 4.78 is 5.68. The van der Waals surface area contributed by atoms with Gasteiger partial charge in [0, 0.05) is 12.5 Å². The van der Waals surface area contributed by atoms with Crippen LogP contribution in [0.1, 0.15) is 45.7 Å². The van der Waals surface area contributed by atoms with Gasteiger partial charge in [-0.05, 0) is 55.9 Å². The maximum Gasteiger partial charge on any atom is 0.252 e. The van der Waals surface area contributed by atoms with E-state index < -0.39 is 18.1 Å². The van der Waals surface area contributed by atoms with Crippen LogP contribution in [0.25, 0.3) is 10.8 Å². The zero-order chi connectivity index (χ0) is 29.6. The van der Waals surface area contributed by atoms with Gasteiger partial charge in [-0.1, -0.05) is 44.2 Å². The lowest BCUT2D eigenvalue weighted by atomic mass is 10.0. The lowest BCUT2D eigenvalue weighted by molar-refractivity contribution is -0.129. The summed E-state index contributed by atoms with van der Waals surface area (Å²) in [7, 11) is 3.23. The largest absolute Gasteiger partial charge is 0.496 e. The molecule has 1 aliphatic heterocycles. The summed E-state index contributed by atoms with van der Waals surface area (Å²) in [6.45, 7) is 8.94. The molecule has 3 aromatic rings. The molecule has 2 N–H and O–H groups in total. The minimum absolute atomic E-state index is 0.120. The van der Waals surface area contributed by atoms with Gasteiger partial charge in [0.2, 0.25) is 11.8 Å². The fraction of sp³-hybridized carbons (Fsp3) is 0.355. The number of carbonyl (C=O) groups is 3. The average molecular weight is 544 g/mol. The Balaban J connectivity index is 0.00000216. The van der Waals surface area contributed by atoms with Crippen molar-refractivity contribution in [3.05, 3.63) is 65.7 Å². The predicted octanol–water partition coefficient (Wildman–Crippen LogP) is 4.13. The van der Waals surface area contributed by atoms with Gasteiger partial charge in [-0.3, -0.25) is 14.4 Å². The van der Waals surface area contributed by atoms with Crippen LogP contribution in [0, 0.1) is 11.3 Å². The van der Waals surface area contributed by atoms with Gasteiger partial charge in [0.25, 0.3) is 5.91 Å². The molecular formula is C31H37N5O4. The van der Waals surface area contributed by atoms with Gasteiger partial charge in [0.1, 0.15) is 11.8 Å². The molecule has 3 atom stereocenters. The topological polar surface area (TPSA) is 115 Å². The molecule has 0 spiro atoms. The number of hydrogen-bond acceptors (Lipinski definition) is 6. The SMILES string of the molecule is CC.CNC(C)C(=O)NC1C(=O)N(Cc2c(OC)ccc3ccccc23)c2ccc(C#N)cc2N(C(C)=O)C1C. The monoisotopic (exact) mass is 543 g/mol. The number of likely N-dealkylation sites (N-methyl/N-ethyl adjacent to an activating group) is 1. The van der Waals surface area contributed by atoms with Gasteiger partial charge >= 0.3 is 0 Å².